The van der Waals surface area contributed by atoms with E-state index in [9.17, 15) is 4.79 Å². The van der Waals surface area contributed by atoms with E-state index in [1.807, 2.05) is 68.4 Å². The van der Waals surface area contributed by atoms with Crippen molar-refractivity contribution in [1.29, 1.82) is 0 Å². The first-order chi connectivity index (χ1) is 11.7. The van der Waals surface area contributed by atoms with Crippen LogP contribution in [0.4, 0.5) is 11.4 Å². The second kappa shape index (κ2) is 7.08. The molecule has 2 aromatic carbocycles. The monoisotopic (exact) mass is 321 g/mol. The molecule has 3 rings (SSSR count). The first-order valence-corrected chi connectivity index (χ1v) is 7.90. The summed E-state index contributed by atoms with van der Waals surface area (Å²) in [5.41, 5.74) is 2.27. The Morgan fingerprint density at radius 3 is 2.54 bits per heavy atom. The van der Waals surface area contributed by atoms with Gasteiger partial charge >= 0.3 is 0 Å². The Hall–Kier alpha value is -2.95. The lowest BCUT2D eigenvalue weighted by molar-refractivity contribution is -0.118. The molecule has 24 heavy (non-hydrogen) atoms. The third kappa shape index (κ3) is 3.35. The van der Waals surface area contributed by atoms with Crippen LogP contribution in [0.3, 0.4) is 0 Å². The lowest BCUT2D eigenvalue weighted by Gasteiger charge is -2.12. The Labute approximate surface area is 141 Å². The fraction of sp³-hybridized carbons (Fsp3) is 0.211. The quantitative estimate of drug-likeness (QED) is 0.786. The smallest absolute Gasteiger partial charge is 0.261 e. The SMILES string of the molecule is CCOc1ccc(N=C[C@@H]2C(=O)N(c3ccccc3)N=C2C)cc1. The van der Waals surface area contributed by atoms with Crippen LogP contribution >= 0.6 is 0 Å². The zero-order chi connectivity index (χ0) is 16.9. The lowest BCUT2D eigenvalue weighted by Crippen LogP contribution is -2.27. The molecule has 0 N–H and O–H groups in total. The number of para-hydroxylation sites is 1. The van der Waals surface area contributed by atoms with Gasteiger partial charge in [0, 0.05) is 6.21 Å². The number of hydrogen-bond acceptors (Lipinski definition) is 4. The summed E-state index contributed by atoms with van der Waals surface area (Å²) < 4.78 is 5.40. The van der Waals surface area contributed by atoms with Crippen LogP contribution in [0, 0.1) is 5.92 Å². The number of anilines is 1. The van der Waals surface area contributed by atoms with E-state index < -0.39 is 5.92 Å². The van der Waals surface area contributed by atoms with Gasteiger partial charge in [-0.15, -0.1) is 0 Å². The summed E-state index contributed by atoms with van der Waals surface area (Å²) in [5.74, 6) is 0.284. The molecule has 1 amide bonds. The normalized spacial score (nSPS) is 17.4. The molecule has 0 aliphatic carbocycles. The van der Waals surface area contributed by atoms with Gasteiger partial charge < -0.3 is 4.74 Å². The van der Waals surface area contributed by atoms with Gasteiger partial charge in [-0.25, -0.2) is 0 Å². The van der Waals surface area contributed by atoms with Gasteiger partial charge in [-0.1, -0.05) is 18.2 Å². The van der Waals surface area contributed by atoms with E-state index >= 15 is 0 Å². The van der Waals surface area contributed by atoms with Crippen LogP contribution in [0.5, 0.6) is 5.75 Å². The van der Waals surface area contributed by atoms with E-state index in [0.717, 1.165) is 22.8 Å². The molecule has 1 aliphatic rings. The molecule has 0 bridgehead atoms. The average molecular weight is 321 g/mol. The molecule has 2 aromatic rings. The molecule has 0 aromatic heterocycles. The van der Waals surface area contributed by atoms with Crippen LogP contribution < -0.4 is 9.75 Å². The van der Waals surface area contributed by atoms with Crippen molar-refractivity contribution in [1.82, 2.24) is 0 Å². The fourth-order valence-electron chi connectivity index (χ4n) is 2.46. The number of amides is 1. The van der Waals surface area contributed by atoms with Crippen molar-refractivity contribution in [3.63, 3.8) is 0 Å². The molecule has 0 fully saturated rings. The van der Waals surface area contributed by atoms with E-state index in [1.54, 1.807) is 6.21 Å². The zero-order valence-corrected chi connectivity index (χ0v) is 13.7. The van der Waals surface area contributed by atoms with Crippen molar-refractivity contribution in [2.75, 3.05) is 11.6 Å². The average Bonchev–Trinajstić information content (AvgIpc) is 2.90. The topological polar surface area (TPSA) is 54.3 Å². The van der Waals surface area contributed by atoms with Gasteiger partial charge in [0.05, 0.1) is 23.7 Å². The predicted molar refractivity (Wildman–Crippen MR) is 96.3 cm³/mol. The highest BCUT2D eigenvalue weighted by molar-refractivity contribution is 6.23. The molecule has 1 atom stereocenters. The number of hydrazone groups is 1. The summed E-state index contributed by atoms with van der Waals surface area (Å²) >= 11 is 0. The second-order valence-corrected chi connectivity index (χ2v) is 5.41. The van der Waals surface area contributed by atoms with Crippen molar-refractivity contribution in [3.8, 4) is 5.75 Å². The molecule has 1 aliphatic heterocycles. The number of carbonyl (C=O) groups excluding carboxylic acids is 1. The summed E-state index contributed by atoms with van der Waals surface area (Å²) in [6.07, 6.45) is 1.65. The molecule has 0 spiro atoms. The predicted octanol–water partition coefficient (Wildman–Crippen LogP) is 3.83. The largest absolute Gasteiger partial charge is 0.494 e. The maximum absolute atomic E-state index is 12.6. The summed E-state index contributed by atoms with van der Waals surface area (Å²) in [4.78, 5) is 17.0. The van der Waals surface area contributed by atoms with Crippen LogP contribution in [0.15, 0.2) is 64.7 Å². The summed E-state index contributed by atoms with van der Waals surface area (Å²) in [6.45, 7) is 4.41. The number of nitrogens with zero attached hydrogens (tertiary/aromatic N) is 3. The minimum Gasteiger partial charge on any atom is -0.494 e. The third-order valence-corrected chi connectivity index (χ3v) is 3.70. The van der Waals surface area contributed by atoms with Crippen LogP contribution in [-0.2, 0) is 4.79 Å². The highest BCUT2D eigenvalue weighted by Crippen LogP contribution is 2.24. The van der Waals surface area contributed by atoms with Crippen LogP contribution in [0.25, 0.3) is 0 Å². The first kappa shape index (κ1) is 15.9. The maximum atomic E-state index is 12.6. The molecule has 1 heterocycles. The van der Waals surface area contributed by atoms with Crippen LogP contribution in [0.2, 0.25) is 0 Å². The molecule has 0 saturated heterocycles. The van der Waals surface area contributed by atoms with Gasteiger partial charge in [0.2, 0.25) is 0 Å². The molecule has 0 unspecified atom stereocenters. The van der Waals surface area contributed by atoms with Crippen molar-refractivity contribution in [3.05, 3.63) is 54.6 Å². The Kier molecular flexibility index (Phi) is 4.70. The first-order valence-electron chi connectivity index (χ1n) is 7.90. The van der Waals surface area contributed by atoms with Gasteiger partial charge in [-0.3, -0.25) is 9.79 Å². The van der Waals surface area contributed by atoms with Gasteiger partial charge in [-0.05, 0) is 50.2 Å². The van der Waals surface area contributed by atoms with Crippen molar-refractivity contribution in [2.24, 2.45) is 16.0 Å². The third-order valence-electron chi connectivity index (χ3n) is 3.70. The Morgan fingerprint density at radius 1 is 1.17 bits per heavy atom. The molecule has 0 radical (unpaired) electrons. The van der Waals surface area contributed by atoms with Crippen molar-refractivity contribution < 1.29 is 9.53 Å². The van der Waals surface area contributed by atoms with E-state index in [4.69, 9.17) is 4.74 Å². The summed E-state index contributed by atoms with van der Waals surface area (Å²) in [5, 5.41) is 5.80. The maximum Gasteiger partial charge on any atom is 0.261 e. The molecule has 5 heteroatoms. The van der Waals surface area contributed by atoms with Gasteiger partial charge in [-0.2, -0.15) is 10.1 Å². The van der Waals surface area contributed by atoms with E-state index in [1.165, 1.54) is 5.01 Å². The Balaban J connectivity index is 1.73. The number of ether oxygens (including phenoxy) is 1. The van der Waals surface area contributed by atoms with E-state index in [0.29, 0.717) is 6.61 Å². The lowest BCUT2D eigenvalue weighted by atomic mass is 10.1. The molecule has 0 saturated carbocycles. The number of rotatable bonds is 5. The molecular weight excluding hydrogens is 302 g/mol. The minimum atomic E-state index is -0.434. The number of hydrogen-bond donors (Lipinski definition) is 0. The van der Waals surface area contributed by atoms with Crippen molar-refractivity contribution >= 4 is 29.2 Å². The minimum absolute atomic E-state index is 0.0895. The Bertz CT molecular complexity index is 767. The molecular formula is C19H19N3O2. The number of carbonyl (C=O) groups is 1. The standard InChI is InChI=1S/C19H19N3O2/c1-3-24-17-11-9-15(10-12-17)20-13-18-14(2)21-22(19(18)23)16-7-5-4-6-8-16/h4-13,18H,3H2,1-2H3/t18-/m0/s1. The molecule has 122 valence electrons. The highest BCUT2D eigenvalue weighted by Gasteiger charge is 2.33. The number of aliphatic imine (C=N–C) groups is 1. The zero-order valence-electron chi connectivity index (χ0n) is 13.7. The van der Waals surface area contributed by atoms with Crippen molar-refractivity contribution in [2.45, 2.75) is 13.8 Å². The highest BCUT2D eigenvalue weighted by atomic mass is 16.5. The Morgan fingerprint density at radius 2 is 1.88 bits per heavy atom. The van der Waals surface area contributed by atoms with Gasteiger partial charge in [0.15, 0.2) is 0 Å². The summed E-state index contributed by atoms with van der Waals surface area (Å²) in [6, 6.07) is 16.9. The second-order valence-electron chi connectivity index (χ2n) is 5.41. The molecule has 5 nitrogen and oxygen atoms in total. The van der Waals surface area contributed by atoms with E-state index in [2.05, 4.69) is 10.1 Å². The number of benzene rings is 2. The van der Waals surface area contributed by atoms with Crippen LogP contribution in [0.1, 0.15) is 13.8 Å². The van der Waals surface area contributed by atoms with Gasteiger partial charge in [0.25, 0.3) is 5.91 Å². The fourth-order valence-corrected chi connectivity index (χ4v) is 2.46. The van der Waals surface area contributed by atoms with Crippen LogP contribution in [-0.4, -0.2) is 24.4 Å². The van der Waals surface area contributed by atoms with E-state index in [-0.39, 0.29) is 5.91 Å². The van der Waals surface area contributed by atoms with Gasteiger partial charge in [0.1, 0.15) is 11.7 Å². The summed E-state index contributed by atoms with van der Waals surface area (Å²) in [7, 11) is 0.